The Morgan fingerprint density at radius 2 is 2.12 bits per heavy atom. The first-order valence-corrected chi connectivity index (χ1v) is 5.22. The van der Waals surface area contributed by atoms with Gasteiger partial charge in [0.25, 0.3) is 0 Å². The molecule has 1 amide bonds. The highest BCUT2D eigenvalue weighted by atomic mass is 16.4. The first-order chi connectivity index (χ1) is 7.58. The second kappa shape index (κ2) is 3.96. The number of aromatic carboxylic acids is 1. The number of carbonyl (C=O) groups is 2. The van der Waals surface area contributed by atoms with E-state index in [2.05, 4.69) is 5.32 Å². The van der Waals surface area contributed by atoms with Gasteiger partial charge in [-0.1, -0.05) is 13.0 Å². The van der Waals surface area contributed by atoms with Gasteiger partial charge in [-0.05, 0) is 30.5 Å². The van der Waals surface area contributed by atoms with E-state index in [4.69, 9.17) is 5.11 Å². The van der Waals surface area contributed by atoms with Gasteiger partial charge in [-0.2, -0.15) is 0 Å². The molecule has 4 heteroatoms. The second-order valence-corrected chi connectivity index (χ2v) is 4.19. The maximum atomic E-state index is 11.6. The third-order valence-electron chi connectivity index (χ3n) is 2.82. The highest BCUT2D eigenvalue weighted by Crippen LogP contribution is 2.38. The van der Waals surface area contributed by atoms with Crippen LogP contribution in [0.15, 0.2) is 24.3 Å². The number of carboxylic acids is 1. The molecular weight excluding hydrogens is 206 g/mol. The SMILES string of the molecule is C[C@@H]1C[C@H]1C(=O)Nc1cccc(C(=O)O)c1. The summed E-state index contributed by atoms with van der Waals surface area (Å²) < 4.78 is 0. The highest BCUT2D eigenvalue weighted by Gasteiger charge is 2.39. The Bertz CT molecular complexity index is 442. The van der Waals surface area contributed by atoms with E-state index in [-0.39, 0.29) is 17.4 Å². The maximum Gasteiger partial charge on any atom is 0.335 e. The topological polar surface area (TPSA) is 66.4 Å². The third-order valence-corrected chi connectivity index (χ3v) is 2.82. The van der Waals surface area contributed by atoms with Crippen molar-refractivity contribution in [1.29, 1.82) is 0 Å². The van der Waals surface area contributed by atoms with Crippen LogP contribution in [0.3, 0.4) is 0 Å². The largest absolute Gasteiger partial charge is 0.478 e. The van der Waals surface area contributed by atoms with Crippen molar-refractivity contribution in [2.45, 2.75) is 13.3 Å². The Morgan fingerprint density at radius 1 is 1.44 bits per heavy atom. The monoisotopic (exact) mass is 219 g/mol. The van der Waals surface area contributed by atoms with Crippen LogP contribution < -0.4 is 5.32 Å². The number of benzene rings is 1. The molecule has 0 saturated heterocycles. The van der Waals surface area contributed by atoms with Gasteiger partial charge in [-0.3, -0.25) is 4.79 Å². The Kier molecular flexibility index (Phi) is 2.64. The molecule has 0 heterocycles. The predicted molar refractivity (Wildman–Crippen MR) is 59.3 cm³/mol. The van der Waals surface area contributed by atoms with Crippen LogP contribution in [-0.4, -0.2) is 17.0 Å². The number of carboxylic acid groups (broad SMARTS) is 1. The lowest BCUT2D eigenvalue weighted by Crippen LogP contribution is -2.14. The molecule has 1 aromatic carbocycles. The summed E-state index contributed by atoms with van der Waals surface area (Å²) in [6.07, 6.45) is 0.921. The Labute approximate surface area is 93.3 Å². The summed E-state index contributed by atoms with van der Waals surface area (Å²) >= 11 is 0. The molecule has 1 aromatic rings. The van der Waals surface area contributed by atoms with Crippen LogP contribution in [0.2, 0.25) is 0 Å². The molecule has 0 aliphatic heterocycles. The first-order valence-electron chi connectivity index (χ1n) is 5.22. The van der Waals surface area contributed by atoms with Crippen LogP contribution >= 0.6 is 0 Å². The van der Waals surface area contributed by atoms with Gasteiger partial charge in [-0.15, -0.1) is 0 Å². The normalized spacial score (nSPS) is 22.6. The van der Waals surface area contributed by atoms with Crippen LogP contribution in [0.5, 0.6) is 0 Å². The molecule has 0 bridgehead atoms. The number of hydrogen-bond donors (Lipinski definition) is 2. The summed E-state index contributed by atoms with van der Waals surface area (Å²) in [7, 11) is 0. The second-order valence-electron chi connectivity index (χ2n) is 4.19. The molecule has 2 atom stereocenters. The summed E-state index contributed by atoms with van der Waals surface area (Å²) in [6.45, 7) is 2.03. The Morgan fingerprint density at radius 3 is 2.69 bits per heavy atom. The number of anilines is 1. The molecule has 0 aromatic heterocycles. The van der Waals surface area contributed by atoms with Crippen molar-refractivity contribution in [3.8, 4) is 0 Å². The van der Waals surface area contributed by atoms with Gasteiger partial charge in [0.15, 0.2) is 0 Å². The molecule has 4 nitrogen and oxygen atoms in total. The average molecular weight is 219 g/mol. The fourth-order valence-corrected chi connectivity index (χ4v) is 1.65. The number of hydrogen-bond acceptors (Lipinski definition) is 2. The molecule has 1 aliphatic rings. The van der Waals surface area contributed by atoms with Gasteiger partial charge >= 0.3 is 5.97 Å². The summed E-state index contributed by atoms with van der Waals surface area (Å²) in [6, 6.07) is 6.28. The van der Waals surface area contributed by atoms with E-state index < -0.39 is 5.97 Å². The molecule has 1 aliphatic carbocycles. The zero-order valence-electron chi connectivity index (χ0n) is 8.93. The van der Waals surface area contributed by atoms with E-state index in [0.717, 1.165) is 6.42 Å². The molecule has 0 radical (unpaired) electrons. The van der Waals surface area contributed by atoms with E-state index >= 15 is 0 Å². The zero-order valence-corrected chi connectivity index (χ0v) is 8.93. The van der Waals surface area contributed by atoms with Gasteiger partial charge in [0.2, 0.25) is 5.91 Å². The van der Waals surface area contributed by atoms with Crippen molar-refractivity contribution in [2.24, 2.45) is 11.8 Å². The quantitative estimate of drug-likeness (QED) is 0.816. The summed E-state index contributed by atoms with van der Waals surface area (Å²) in [5.41, 5.74) is 0.727. The summed E-state index contributed by atoms with van der Waals surface area (Å²) in [5, 5.41) is 11.5. The van der Waals surface area contributed by atoms with Gasteiger partial charge < -0.3 is 10.4 Å². The van der Waals surface area contributed by atoms with Crippen LogP contribution in [-0.2, 0) is 4.79 Å². The molecule has 2 rings (SSSR count). The fraction of sp³-hybridized carbons (Fsp3) is 0.333. The molecule has 84 valence electrons. The van der Waals surface area contributed by atoms with Crippen LogP contribution in [0.1, 0.15) is 23.7 Å². The number of rotatable bonds is 3. The fourth-order valence-electron chi connectivity index (χ4n) is 1.65. The molecule has 0 unspecified atom stereocenters. The zero-order chi connectivity index (χ0) is 11.7. The van der Waals surface area contributed by atoms with Crippen molar-refractivity contribution >= 4 is 17.6 Å². The minimum absolute atomic E-state index is 0.0185. The van der Waals surface area contributed by atoms with Gasteiger partial charge in [0.05, 0.1) is 5.56 Å². The lowest BCUT2D eigenvalue weighted by Gasteiger charge is -2.04. The molecular formula is C12H13NO3. The van der Waals surface area contributed by atoms with E-state index in [9.17, 15) is 9.59 Å². The number of carbonyl (C=O) groups excluding carboxylic acids is 1. The van der Waals surface area contributed by atoms with E-state index in [0.29, 0.717) is 11.6 Å². The van der Waals surface area contributed by atoms with E-state index in [1.54, 1.807) is 12.1 Å². The molecule has 16 heavy (non-hydrogen) atoms. The third kappa shape index (κ3) is 2.21. The first kappa shape index (κ1) is 10.7. The highest BCUT2D eigenvalue weighted by molar-refractivity contribution is 5.96. The molecule has 1 fully saturated rings. The van der Waals surface area contributed by atoms with E-state index in [1.807, 2.05) is 6.92 Å². The summed E-state index contributed by atoms with van der Waals surface area (Å²) in [4.78, 5) is 22.3. The lowest BCUT2D eigenvalue weighted by molar-refractivity contribution is -0.117. The van der Waals surface area contributed by atoms with Crippen molar-refractivity contribution in [3.63, 3.8) is 0 Å². The summed E-state index contributed by atoms with van der Waals surface area (Å²) in [5.74, 6) is -0.470. The molecule has 2 N–H and O–H groups in total. The minimum Gasteiger partial charge on any atom is -0.478 e. The van der Waals surface area contributed by atoms with Crippen molar-refractivity contribution in [1.82, 2.24) is 0 Å². The minimum atomic E-state index is -0.990. The van der Waals surface area contributed by atoms with Gasteiger partial charge in [-0.25, -0.2) is 4.79 Å². The van der Waals surface area contributed by atoms with Crippen molar-refractivity contribution in [3.05, 3.63) is 29.8 Å². The average Bonchev–Trinajstić information content (AvgIpc) is 2.96. The Balaban J connectivity index is 2.06. The van der Waals surface area contributed by atoms with Gasteiger partial charge in [0.1, 0.15) is 0 Å². The van der Waals surface area contributed by atoms with Crippen LogP contribution in [0.25, 0.3) is 0 Å². The number of nitrogens with one attached hydrogen (secondary N) is 1. The maximum absolute atomic E-state index is 11.6. The van der Waals surface area contributed by atoms with Gasteiger partial charge in [0, 0.05) is 11.6 Å². The molecule has 0 spiro atoms. The van der Waals surface area contributed by atoms with Crippen molar-refractivity contribution in [2.75, 3.05) is 5.32 Å². The predicted octanol–water partition coefficient (Wildman–Crippen LogP) is 1.98. The standard InChI is InChI=1S/C12H13NO3/c1-7-5-10(7)11(14)13-9-4-2-3-8(6-9)12(15)16/h2-4,6-7,10H,5H2,1H3,(H,13,14)(H,15,16)/t7-,10-/m1/s1. The Hall–Kier alpha value is -1.84. The number of amides is 1. The smallest absolute Gasteiger partial charge is 0.335 e. The lowest BCUT2D eigenvalue weighted by atomic mass is 10.2. The molecule has 1 saturated carbocycles. The van der Waals surface area contributed by atoms with Crippen molar-refractivity contribution < 1.29 is 14.7 Å². The van der Waals surface area contributed by atoms with Crippen LogP contribution in [0.4, 0.5) is 5.69 Å². The van der Waals surface area contributed by atoms with Crippen LogP contribution in [0, 0.1) is 11.8 Å². The van der Waals surface area contributed by atoms with E-state index in [1.165, 1.54) is 12.1 Å².